The number of rotatable bonds is 12. The van der Waals surface area contributed by atoms with Gasteiger partial charge in [-0.2, -0.15) is 0 Å². The van der Waals surface area contributed by atoms with Crippen molar-refractivity contribution in [1.82, 2.24) is 0 Å². The van der Waals surface area contributed by atoms with Crippen LogP contribution in [0.4, 0.5) is 49.1 Å². The lowest BCUT2D eigenvalue weighted by molar-refractivity contribution is 0.661. The van der Waals surface area contributed by atoms with Crippen molar-refractivity contribution < 1.29 is 0 Å². The van der Waals surface area contributed by atoms with Crippen LogP contribution in [0.1, 0.15) is 25.0 Å². The molecule has 77 heavy (non-hydrogen) atoms. The first-order valence-electron chi connectivity index (χ1n) is 26.1. The molecule has 0 fully saturated rings. The zero-order chi connectivity index (χ0) is 51.5. The van der Waals surface area contributed by atoms with Crippen molar-refractivity contribution >= 4 is 105 Å². The lowest BCUT2D eigenvalue weighted by atomic mass is 9.81. The molecule has 3 nitrogen and oxygen atoms in total. The lowest BCUT2D eigenvalue weighted by Crippen LogP contribution is -2.17. The van der Waals surface area contributed by atoms with E-state index in [-0.39, 0.29) is 5.41 Å². The van der Waals surface area contributed by atoms with Crippen molar-refractivity contribution in [3.8, 4) is 44.5 Å². The average Bonchev–Trinajstić information content (AvgIpc) is 4.39. The molecular weight excluding hydrogens is 991 g/mol. The van der Waals surface area contributed by atoms with E-state index in [4.69, 9.17) is 0 Å². The van der Waals surface area contributed by atoms with Crippen molar-refractivity contribution in [1.29, 1.82) is 0 Å². The van der Waals surface area contributed by atoms with Gasteiger partial charge in [-0.3, -0.25) is 0 Å². The minimum absolute atomic E-state index is 0.358. The van der Waals surface area contributed by atoms with E-state index in [0.717, 1.165) is 44.1 Å². The van der Waals surface area contributed by atoms with Crippen LogP contribution in [0.25, 0.3) is 66.1 Å². The minimum atomic E-state index is -0.358. The first-order valence-corrected chi connectivity index (χ1v) is 28.8. The molecule has 0 atom stereocenters. The van der Waals surface area contributed by atoms with Gasteiger partial charge in [-0.25, -0.2) is 0 Å². The fraction of sp³-hybridized carbons (Fsp3) is 0.0423. The second kappa shape index (κ2) is 19.4. The maximum absolute atomic E-state index is 2.56. The highest BCUT2D eigenvalue weighted by molar-refractivity contribution is 7.15. The number of benzene rings is 10. The van der Waals surface area contributed by atoms with E-state index in [1.807, 2.05) is 0 Å². The molecule has 13 aromatic rings. The Hall–Kier alpha value is -8.78. The third-order valence-electron chi connectivity index (χ3n) is 15.3. The molecule has 0 radical (unpaired) electrons. The Balaban J connectivity index is 1.04. The summed E-state index contributed by atoms with van der Waals surface area (Å²) >= 11 is 5.31. The highest BCUT2D eigenvalue weighted by Gasteiger charge is 2.38. The summed E-state index contributed by atoms with van der Waals surface area (Å²) in [5.41, 5.74) is 18.7. The molecule has 0 unspecified atom stereocenters. The van der Waals surface area contributed by atoms with Crippen molar-refractivity contribution in [3.05, 3.63) is 282 Å². The molecule has 1 aliphatic carbocycles. The summed E-state index contributed by atoms with van der Waals surface area (Å²) < 4.78 is 0. The number of fused-ring (bicyclic) bond motifs is 5. The zero-order valence-electron chi connectivity index (χ0n) is 42.5. The molecule has 0 aliphatic heterocycles. The molecule has 10 aromatic carbocycles. The van der Waals surface area contributed by atoms with Gasteiger partial charge in [0, 0.05) is 49.7 Å². The Kier molecular flexibility index (Phi) is 11.8. The molecule has 6 heteroatoms. The predicted octanol–water partition coefficient (Wildman–Crippen LogP) is 21.9. The highest BCUT2D eigenvalue weighted by Crippen LogP contribution is 2.58. The van der Waals surface area contributed by atoms with Crippen molar-refractivity contribution in [3.63, 3.8) is 0 Å². The van der Waals surface area contributed by atoms with Crippen LogP contribution < -0.4 is 14.7 Å². The molecule has 0 saturated carbocycles. The molecule has 3 aromatic heterocycles. The quantitative estimate of drug-likeness (QED) is 0.0892. The highest BCUT2D eigenvalue weighted by atomic mass is 32.1. The van der Waals surface area contributed by atoms with E-state index in [1.54, 1.807) is 34.0 Å². The van der Waals surface area contributed by atoms with Gasteiger partial charge in [0.15, 0.2) is 0 Å². The first kappa shape index (κ1) is 46.7. The van der Waals surface area contributed by atoms with Crippen molar-refractivity contribution in [2.45, 2.75) is 19.3 Å². The number of hydrogen-bond acceptors (Lipinski definition) is 6. The number of anilines is 9. The standard InChI is InChI=1S/C71H51N3S3/c1-71(2)64-45-57(72(66-34-17-39-75-66)54-29-14-26-51(42-54)48-20-6-3-7-21-48)37-38-58(64)61-46-62-63(47-65(61)71)70(74(68-36-19-41-77-68)56-31-16-28-53(44-56)50-24-10-5-11-25-50)60-33-13-12-32-59(60)69(62)73(67-35-18-40-76-67)55-30-15-27-52(43-55)49-22-8-4-9-23-49/h3-47H,1-2H3. The Morgan fingerprint density at radius 1 is 0.273 bits per heavy atom. The molecule has 0 spiro atoms. The van der Waals surface area contributed by atoms with E-state index in [1.165, 1.54) is 82.2 Å². The van der Waals surface area contributed by atoms with Gasteiger partial charge in [0.05, 0.1) is 26.4 Å². The van der Waals surface area contributed by atoms with Crippen LogP contribution in [0.2, 0.25) is 0 Å². The van der Waals surface area contributed by atoms with Crippen LogP contribution >= 0.6 is 34.0 Å². The summed E-state index contributed by atoms with van der Waals surface area (Å²) in [7, 11) is 0. The van der Waals surface area contributed by atoms with Gasteiger partial charge in [0.1, 0.15) is 0 Å². The topological polar surface area (TPSA) is 9.72 Å². The van der Waals surface area contributed by atoms with Gasteiger partial charge in [-0.1, -0.05) is 172 Å². The van der Waals surface area contributed by atoms with Gasteiger partial charge in [0.2, 0.25) is 0 Å². The minimum Gasteiger partial charge on any atom is -0.302 e. The summed E-state index contributed by atoms with van der Waals surface area (Å²) in [5, 5.41) is 14.8. The second-order valence-corrected chi connectivity index (χ2v) is 22.9. The molecule has 1 aliphatic rings. The Morgan fingerprint density at radius 2 is 0.649 bits per heavy atom. The number of hydrogen-bond donors (Lipinski definition) is 0. The van der Waals surface area contributed by atoms with Crippen LogP contribution in [0.3, 0.4) is 0 Å². The summed E-state index contributed by atoms with van der Waals surface area (Å²) in [4.78, 5) is 7.48. The van der Waals surface area contributed by atoms with Crippen LogP contribution in [0.15, 0.2) is 271 Å². The number of thiophene rings is 3. The molecular formula is C71H51N3S3. The van der Waals surface area contributed by atoms with Gasteiger partial charge in [-0.15, -0.1) is 34.0 Å². The Labute approximate surface area is 462 Å². The molecule has 0 amide bonds. The monoisotopic (exact) mass is 1040 g/mol. The average molecular weight is 1040 g/mol. The summed E-state index contributed by atoms with van der Waals surface area (Å²) in [6.07, 6.45) is 0. The van der Waals surface area contributed by atoms with Crippen molar-refractivity contribution in [2.24, 2.45) is 0 Å². The number of nitrogens with zero attached hydrogens (tertiary/aromatic N) is 3. The summed E-state index contributed by atoms with van der Waals surface area (Å²) in [6.45, 7) is 4.85. The molecule has 368 valence electrons. The molecule has 14 rings (SSSR count). The normalized spacial score (nSPS) is 12.4. The summed E-state index contributed by atoms with van der Waals surface area (Å²) in [6, 6.07) is 94.0. The Bertz CT molecular complexity index is 4240. The van der Waals surface area contributed by atoms with Crippen LogP contribution in [0.5, 0.6) is 0 Å². The fourth-order valence-corrected chi connectivity index (χ4v) is 13.9. The van der Waals surface area contributed by atoms with Gasteiger partial charge < -0.3 is 14.7 Å². The Morgan fingerprint density at radius 3 is 1.09 bits per heavy atom. The van der Waals surface area contributed by atoms with E-state index in [2.05, 4.69) is 299 Å². The van der Waals surface area contributed by atoms with E-state index < -0.39 is 0 Å². The van der Waals surface area contributed by atoms with Crippen LogP contribution in [-0.4, -0.2) is 0 Å². The third kappa shape index (κ3) is 8.25. The van der Waals surface area contributed by atoms with E-state index >= 15 is 0 Å². The maximum Gasteiger partial charge on any atom is 0.0999 e. The van der Waals surface area contributed by atoms with Gasteiger partial charge in [0.25, 0.3) is 0 Å². The lowest BCUT2D eigenvalue weighted by Gasteiger charge is -2.32. The maximum atomic E-state index is 2.56. The van der Waals surface area contributed by atoms with Crippen LogP contribution in [-0.2, 0) is 5.41 Å². The molecule has 0 bridgehead atoms. The largest absolute Gasteiger partial charge is 0.302 e. The predicted molar refractivity (Wildman–Crippen MR) is 333 cm³/mol. The first-order chi connectivity index (χ1) is 38.0. The smallest absolute Gasteiger partial charge is 0.0999 e. The van der Waals surface area contributed by atoms with Gasteiger partial charge >= 0.3 is 0 Å². The molecule has 3 heterocycles. The summed E-state index contributed by atoms with van der Waals surface area (Å²) in [5.74, 6) is 0. The van der Waals surface area contributed by atoms with E-state index in [9.17, 15) is 0 Å². The second-order valence-electron chi connectivity index (χ2n) is 20.2. The third-order valence-corrected chi connectivity index (χ3v) is 17.8. The SMILES string of the molecule is CC1(C)c2cc(N(c3cccc(-c4ccccc4)c3)c3cccs3)ccc2-c2cc3c(N(c4cccc(-c5ccccc5)c4)c4cccs4)c4ccccc4c(N(c4cccc(-c5ccccc5)c4)c4cccs4)c3cc21. The van der Waals surface area contributed by atoms with E-state index in [0.29, 0.717) is 0 Å². The van der Waals surface area contributed by atoms with Crippen molar-refractivity contribution in [2.75, 3.05) is 14.7 Å². The fourth-order valence-electron chi connectivity index (χ4n) is 11.7. The zero-order valence-corrected chi connectivity index (χ0v) is 45.0. The molecule has 0 N–H and O–H groups in total. The van der Waals surface area contributed by atoms with Gasteiger partial charge in [-0.05, 0) is 169 Å². The molecule has 0 saturated heterocycles. The van der Waals surface area contributed by atoms with Crippen LogP contribution in [0, 0.1) is 0 Å².